The first kappa shape index (κ1) is 16.6. The first-order chi connectivity index (χ1) is 9.03. The molecule has 4 nitrogen and oxygen atoms in total. The van der Waals surface area contributed by atoms with E-state index in [-0.39, 0.29) is 11.9 Å². The van der Waals surface area contributed by atoms with Crippen LogP contribution >= 0.6 is 0 Å². The second-order valence-corrected chi connectivity index (χ2v) is 6.06. The fraction of sp³-hybridized carbons (Fsp3) is 0.933. The Morgan fingerprint density at radius 2 is 2.21 bits per heavy atom. The molecule has 19 heavy (non-hydrogen) atoms. The van der Waals surface area contributed by atoms with Crippen LogP contribution in [0.1, 0.15) is 53.4 Å². The number of aldehydes is 1. The van der Waals surface area contributed by atoms with Crippen molar-refractivity contribution in [2.24, 2.45) is 5.92 Å². The van der Waals surface area contributed by atoms with Gasteiger partial charge >= 0.3 is 0 Å². The molecule has 2 unspecified atom stereocenters. The van der Waals surface area contributed by atoms with E-state index in [4.69, 9.17) is 4.74 Å². The predicted octanol–water partition coefficient (Wildman–Crippen LogP) is 2.39. The van der Waals surface area contributed by atoms with Gasteiger partial charge in [0.1, 0.15) is 11.9 Å². The van der Waals surface area contributed by atoms with Crippen molar-refractivity contribution in [2.45, 2.75) is 65.3 Å². The van der Waals surface area contributed by atoms with Crippen molar-refractivity contribution in [2.75, 3.05) is 19.7 Å². The number of nitrogens with zero attached hydrogens (tertiary/aromatic N) is 1. The molecule has 1 aliphatic heterocycles. The van der Waals surface area contributed by atoms with Crippen LogP contribution < -0.4 is 5.32 Å². The molecule has 112 valence electrons. The van der Waals surface area contributed by atoms with Gasteiger partial charge in [0.2, 0.25) is 0 Å². The largest absolute Gasteiger partial charge is 0.361 e. The number of ether oxygens (including phenoxy) is 1. The summed E-state index contributed by atoms with van der Waals surface area (Å²) in [6, 6.07) is 0. The van der Waals surface area contributed by atoms with E-state index in [9.17, 15) is 4.79 Å². The highest BCUT2D eigenvalue weighted by Crippen LogP contribution is 2.28. The van der Waals surface area contributed by atoms with Crippen molar-refractivity contribution < 1.29 is 9.53 Å². The maximum Gasteiger partial charge on any atom is 0.151 e. The second-order valence-electron chi connectivity index (χ2n) is 6.06. The van der Waals surface area contributed by atoms with E-state index >= 15 is 0 Å². The lowest BCUT2D eigenvalue weighted by Gasteiger charge is -2.41. The minimum Gasteiger partial charge on any atom is -0.361 e. The van der Waals surface area contributed by atoms with Crippen molar-refractivity contribution in [1.82, 2.24) is 10.2 Å². The Morgan fingerprint density at radius 3 is 2.79 bits per heavy atom. The Bertz CT molecular complexity index is 271. The Labute approximate surface area is 117 Å². The molecule has 0 aromatic carbocycles. The third-order valence-corrected chi connectivity index (χ3v) is 3.73. The van der Waals surface area contributed by atoms with Crippen LogP contribution in [0.4, 0.5) is 0 Å². The third kappa shape index (κ3) is 4.86. The van der Waals surface area contributed by atoms with Crippen LogP contribution in [0.3, 0.4) is 0 Å². The predicted molar refractivity (Wildman–Crippen MR) is 77.9 cm³/mol. The fourth-order valence-corrected chi connectivity index (χ4v) is 2.90. The highest BCUT2D eigenvalue weighted by molar-refractivity contribution is 5.57. The number of unbranched alkanes of at least 4 members (excludes halogenated alkanes) is 2. The minimum atomic E-state index is -0.336. The Kier molecular flexibility index (Phi) is 6.97. The number of carbonyl (C=O) groups is 1. The lowest BCUT2D eigenvalue weighted by atomic mass is 9.99. The van der Waals surface area contributed by atoms with Crippen LogP contribution in [0, 0.1) is 5.92 Å². The highest BCUT2D eigenvalue weighted by Gasteiger charge is 2.40. The van der Waals surface area contributed by atoms with Gasteiger partial charge in [-0.15, -0.1) is 0 Å². The maximum absolute atomic E-state index is 11.2. The number of rotatable bonds is 9. The molecule has 4 heteroatoms. The molecule has 0 radical (unpaired) electrons. The summed E-state index contributed by atoms with van der Waals surface area (Å²) in [5, 5.41) is 3.21. The zero-order valence-electron chi connectivity index (χ0n) is 12.9. The molecule has 1 rings (SSSR count). The van der Waals surface area contributed by atoms with Crippen LogP contribution in [-0.2, 0) is 9.53 Å². The van der Waals surface area contributed by atoms with Gasteiger partial charge in [-0.3, -0.25) is 10.2 Å². The molecular weight excluding hydrogens is 240 g/mol. The Morgan fingerprint density at radius 1 is 1.47 bits per heavy atom. The standard InChI is InChI=1S/C15H30N2O2/c1-5-6-7-10-19-15(4,11-13(2)3)17-9-8-16-14(17)12-18/h12-14,16H,5-11H2,1-4H3. The van der Waals surface area contributed by atoms with Gasteiger partial charge in [0.15, 0.2) is 6.29 Å². The van der Waals surface area contributed by atoms with E-state index in [1.807, 2.05) is 0 Å². The molecule has 1 aliphatic rings. The van der Waals surface area contributed by atoms with Gasteiger partial charge in [-0.25, -0.2) is 0 Å². The van der Waals surface area contributed by atoms with Crippen LogP contribution in [0.5, 0.6) is 0 Å². The molecular formula is C15H30N2O2. The summed E-state index contributed by atoms with van der Waals surface area (Å²) >= 11 is 0. The molecule has 1 heterocycles. The van der Waals surface area contributed by atoms with Gasteiger partial charge in [0.05, 0.1) is 0 Å². The van der Waals surface area contributed by atoms with Gasteiger partial charge in [-0.05, 0) is 25.7 Å². The Balaban J connectivity index is 2.65. The molecule has 0 saturated carbocycles. The first-order valence-corrected chi connectivity index (χ1v) is 7.63. The molecule has 1 fully saturated rings. The molecule has 1 saturated heterocycles. The monoisotopic (exact) mass is 270 g/mol. The van der Waals surface area contributed by atoms with Crippen molar-refractivity contribution in [1.29, 1.82) is 0 Å². The highest BCUT2D eigenvalue weighted by atomic mass is 16.5. The van der Waals surface area contributed by atoms with Crippen LogP contribution in [0.25, 0.3) is 0 Å². The summed E-state index contributed by atoms with van der Waals surface area (Å²) < 4.78 is 6.19. The third-order valence-electron chi connectivity index (χ3n) is 3.73. The van der Waals surface area contributed by atoms with Crippen molar-refractivity contribution in [3.63, 3.8) is 0 Å². The summed E-state index contributed by atoms with van der Waals surface area (Å²) in [4.78, 5) is 13.3. The maximum atomic E-state index is 11.2. The molecule has 0 aromatic heterocycles. The van der Waals surface area contributed by atoms with Gasteiger partial charge in [-0.2, -0.15) is 0 Å². The normalized spacial score (nSPS) is 23.7. The number of hydrogen-bond acceptors (Lipinski definition) is 4. The lowest BCUT2D eigenvalue weighted by Crippen LogP contribution is -2.54. The first-order valence-electron chi connectivity index (χ1n) is 7.63. The average molecular weight is 270 g/mol. The molecule has 2 atom stereocenters. The molecule has 0 aromatic rings. The summed E-state index contributed by atoms with van der Waals surface area (Å²) in [6.07, 6.45) is 5.23. The summed E-state index contributed by atoms with van der Waals surface area (Å²) in [6.45, 7) is 11.2. The van der Waals surface area contributed by atoms with E-state index in [1.165, 1.54) is 12.8 Å². The molecule has 0 amide bonds. The van der Waals surface area contributed by atoms with E-state index in [1.54, 1.807) is 0 Å². The minimum absolute atomic E-state index is 0.199. The number of nitrogens with one attached hydrogen (secondary N) is 1. The smallest absolute Gasteiger partial charge is 0.151 e. The topological polar surface area (TPSA) is 41.6 Å². The van der Waals surface area contributed by atoms with Crippen LogP contribution in [0.2, 0.25) is 0 Å². The molecule has 1 N–H and O–H groups in total. The fourth-order valence-electron chi connectivity index (χ4n) is 2.90. The van der Waals surface area contributed by atoms with Gasteiger partial charge in [-0.1, -0.05) is 33.6 Å². The van der Waals surface area contributed by atoms with E-state index in [0.717, 1.165) is 38.8 Å². The summed E-state index contributed by atoms with van der Waals surface area (Å²) in [5.74, 6) is 0.545. The zero-order valence-corrected chi connectivity index (χ0v) is 12.9. The lowest BCUT2D eigenvalue weighted by molar-refractivity contribution is -0.164. The average Bonchev–Trinajstić information content (AvgIpc) is 2.83. The Hall–Kier alpha value is -0.450. The zero-order chi connectivity index (χ0) is 14.3. The van der Waals surface area contributed by atoms with Crippen molar-refractivity contribution >= 4 is 6.29 Å². The van der Waals surface area contributed by atoms with E-state index < -0.39 is 0 Å². The van der Waals surface area contributed by atoms with Gasteiger partial charge < -0.3 is 9.53 Å². The number of carbonyl (C=O) groups excluding carboxylic acids is 1. The molecule has 0 bridgehead atoms. The van der Waals surface area contributed by atoms with Crippen molar-refractivity contribution in [3.8, 4) is 0 Å². The summed E-state index contributed by atoms with van der Waals surface area (Å²) in [7, 11) is 0. The van der Waals surface area contributed by atoms with Crippen molar-refractivity contribution in [3.05, 3.63) is 0 Å². The SMILES string of the molecule is CCCCCOC(C)(CC(C)C)N1CCNC1C=O. The second kappa shape index (κ2) is 7.98. The van der Waals surface area contributed by atoms with E-state index in [0.29, 0.717) is 5.92 Å². The quantitative estimate of drug-likeness (QED) is 0.516. The van der Waals surface area contributed by atoms with Crippen LogP contribution in [0.15, 0.2) is 0 Å². The van der Waals surface area contributed by atoms with Gasteiger partial charge in [0.25, 0.3) is 0 Å². The molecule has 0 aliphatic carbocycles. The number of hydrogen-bond donors (Lipinski definition) is 1. The molecule has 0 spiro atoms. The van der Waals surface area contributed by atoms with Gasteiger partial charge in [0, 0.05) is 19.7 Å². The summed E-state index contributed by atoms with van der Waals surface area (Å²) in [5.41, 5.74) is -0.336. The van der Waals surface area contributed by atoms with E-state index in [2.05, 4.69) is 37.9 Å². The van der Waals surface area contributed by atoms with Crippen LogP contribution in [-0.4, -0.2) is 42.8 Å².